The Hall–Kier alpha value is -3.47. The Balaban J connectivity index is 1.34. The fourth-order valence-corrected chi connectivity index (χ4v) is 3.57. The lowest BCUT2D eigenvalue weighted by atomic mass is 10.1. The number of halogens is 1. The number of anilines is 1. The average Bonchev–Trinajstić information content (AvgIpc) is 3.34. The van der Waals surface area contributed by atoms with Crippen LogP contribution in [0.25, 0.3) is 21.3 Å². The summed E-state index contributed by atoms with van der Waals surface area (Å²) < 4.78 is 13.2. The summed E-state index contributed by atoms with van der Waals surface area (Å²) in [6, 6.07) is 9.44. The van der Waals surface area contributed by atoms with E-state index in [1.165, 1.54) is 16.1 Å². The van der Waals surface area contributed by atoms with E-state index in [-0.39, 0.29) is 12.6 Å². The molecule has 1 aromatic carbocycles. The molecule has 148 valence electrons. The quantitative estimate of drug-likeness (QED) is 0.483. The lowest BCUT2D eigenvalue weighted by Gasteiger charge is -2.03. The summed E-state index contributed by atoms with van der Waals surface area (Å²) in [5, 5.41) is 17.5. The van der Waals surface area contributed by atoms with Crippen molar-refractivity contribution < 1.29 is 9.18 Å². The Morgan fingerprint density at radius 1 is 1.24 bits per heavy atom. The number of pyridine rings is 1. The number of alkyl halides is 1. The van der Waals surface area contributed by atoms with Crippen molar-refractivity contribution in [3.8, 4) is 11.1 Å². The second kappa shape index (κ2) is 8.69. The van der Waals surface area contributed by atoms with E-state index in [9.17, 15) is 9.18 Å². The maximum Gasteiger partial charge on any atom is 0.321 e. The minimum atomic E-state index is -0.553. The largest absolute Gasteiger partial charge is 0.337 e. The van der Waals surface area contributed by atoms with Crippen molar-refractivity contribution in [2.45, 2.75) is 13.0 Å². The van der Waals surface area contributed by atoms with E-state index >= 15 is 0 Å². The molecule has 0 aliphatic heterocycles. The molecule has 0 unspecified atom stereocenters. The summed E-state index contributed by atoms with van der Waals surface area (Å²) in [7, 11) is 0. The van der Waals surface area contributed by atoms with Crippen molar-refractivity contribution in [3.05, 3.63) is 48.5 Å². The summed E-state index contributed by atoms with van der Waals surface area (Å²) in [4.78, 5) is 21.9. The van der Waals surface area contributed by atoms with Gasteiger partial charge in [-0.1, -0.05) is 23.5 Å². The van der Waals surface area contributed by atoms with Crippen molar-refractivity contribution in [1.29, 1.82) is 0 Å². The highest BCUT2D eigenvalue weighted by Gasteiger charge is 2.10. The van der Waals surface area contributed by atoms with E-state index in [1.54, 1.807) is 12.4 Å². The van der Waals surface area contributed by atoms with E-state index in [2.05, 4.69) is 36.0 Å². The number of urea groups is 1. The Labute approximate surface area is 169 Å². The number of carbonyl (C=O) groups excluding carboxylic acids is 1. The molecule has 11 heteroatoms. The highest BCUT2D eigenvalue weighted by Crippen LogP contribution is 2.30. The third kappa shape index (κ3) is 4.69. The zero-order valence-corrected chi connectivity index (χ0v) is 16.1. The molecule has 3 heterocycles. The van der Waals surface area contributed by atoms with Gasteiger partial charge in [-0.15, -0.1) is 10.2 Å². The molecule has 4 rings (SSSR count). The molecule has 0 radical (unpaired) electrons. The van der Waals surface area contributed by atoms with Crippen LogP contribution in [0.1, 0.15) is 5.82 Å². The average molecular weight is 412 g/mol. The van der Waals surface area contributed by atoms with Crippen LogP contribution in [-0.4, -0.2) is 49.4 Å². The van der Waals surface area contributed by atoms with Crippen molar-refractivity contribution >= 4 is 32.7 Å². The third-order valence-electron chi connectivity index (χ3n) is 4.02. The number of thiazole rings is 1. The molecule has 0 bridgehead atoms. The molecule has 0 spiro atoms. The zero-order valence-electron chi connectivity index (χ0n) is 15.2. The number of carbonyl (C=O) groups is 1. The second-order valence-corrected chi connectivity index (χ2v) is 7.10. The van der Waals surface area contributed by atoms with Gasteiger partial charge in [0.05, 0.1) is 16.8 Å². The van der Waals surface area contributed by atoms with Crippen LogP contribution in [0.4, 0.5) is 14.3 Å². The maximum absolute atomic E-state index is 12.2. The number of benzene rings is 1. The number of fused-ring (bicyclic) bond motifs is 1. The van der Waals surface area contributed by atoms with Gasteiger partial charge in [0.15, 0.2) is 11.0 Å². The number of nitrogens with zero attached hydrogens (tertiary/aromatic N) is 6. The molecular formula is C18H17FN8OS. The molecule has 0 aliphatic rings. The Morgan fingerprint density at radius 2 is 2.17 bits per heavy atom. The van der Waals surface area contributed by atoms with Crippen molar-refractivity contribution in [2.75, 3.05) is 18.5 Å². The molecule has 3 aromatic heterocycles. The molecule has 2 amide bonds. The van der Waals surface area contributed by atoms with Crippen LogP contribution < -0.4 is 10.6 Å². The summed E-state index contributed by atoms with van der Waals surface area (Å²) in [5.41, 5.74) is 2.87. The van der Waals surface area contributed by atoms with Crippen molar-refractivity contribution in [1.82, 2.24) is 35.5 Å². The number of tetrazole rings is 1. The summed E-state index contributed by atoms with van der Waals surface area (Å²) >= 11 is 1.40. The minimum Gasteiger partial charge on any atom is -0.337 e. The number of hydrogen-bond donors (Lipinski definition) is 2. The normalized spacial score (nSPS) is 10.9. The SMILES string of the molecule is O=C(NCCc1nnn(CCF)n1)Nc1nc2ccc(-c3cccnc3)cc2s1. The zero-order chi connectivity index (χ0) is 20.1. The third-order valence-corrected chi connectivity index (χ3v) is 4.95. The number of hydrogen-bond acceptors (Lipinski definition) is 7. The van der Waals surface area contributed by atoms with Gasteiger partial charge in [0.1, 0.15) is 6.67 Å². The van der Waals surface area contributed by atoms with Crippen LogP contribution in [0.15, 0.2) is 42.7 Å². The van der Waals surface area contributed by atoms with Gasteiger partial charge in [0.25, 0.3) is 0 Å². The van der Waals surface area contributed by atoms with E-state index in [1.807, 2.05) is 30.3 Å². The van der Waals surface area contributed by atoms with Gasteiger partial charge >= 0.3 is 6.03 Å². The Bertz CT molecular complexity index is 1110. The van der Waals surface area contributed by atoms with Crippen LogP contribution in [0.2, 0.25) is 0 Å². The van der Waals surface area contributed by atoms with E-state index < -0.39 is 6.67 Å². The van der Waals surface area contributed by atoms with Crippen LogP contribution >= 0.6 is 11.3 Å². The van der Waals surface area contributed by atoms with Crippen LogP contribution in [0.5, 0.6) is 0 Å². The number of rotatable bonds is 7. The summed E-state index contributed by atoms with van der Waals surface area (Å²) in [6.07, 6.45) is 3.94. The molecule has 0 saturated heterocycles. The van der Waals surface area contributed by atoms with Crippen LogP contribution in [-0.2, 0) is 13.0 Å². The lowest BCUT2D eigenvalue weighted by molar-refractivity contribution is 0.252. The molecular weight excluding hydrogens is 395 g/mol. The first-order chi connectivity index (χ1) is 14.2. The molecule has 2 N–H and O–H groups in total. The van der Waals surface area contributed by atoms with Gasteiger partial charge in [-0.25, -0.2) is 14.2 Å². The van der Waals surface area contributed by atoms with Crippen molar-refractivity contribution in [2.24, 2.45) is 0 Å². The van der Waals surface area contributed by atoms with Gasteiger partial charge in [0, 0.05) is 30.9 Å². The number of nitrogens with one attached hydrogen (secondary N) is 2. The van der Waals surface area contributed by atoms with E-state index in [0.717, 1.165) is 21.3 Å². The first kappa shape index (κ1) is 18.9. The minimum absolute atomic E-state index is 0.0705. The lowest BCUT2D eigenvalue weighted by Crippen LogP contribution is -2.30. The second-order valence-electron chi connectivity index (χ2n) is 6.06. The summed E-state index contributed by atoms with van der Waals surface area (Å²) in [5.74, 6) is 0.446. The van der Waals surface area contributed by atoms with Crippen LogP contribution in [0, 0.1) is 0 Å². The van der Waals surface area contributed by atoms with Crippen LogP contribution in [0.3, 0.4) is 0 Å². The predicted octanol–water partition coefficient (Wildman–Crippen LogP) is 2.68. The molecule has 0 saturated carbocycles. The highest BCUT2D eigenvalue weighted by atomic mass is 32.1. The molecule has 0 aliphatic carbocycles. The van der Waals surface area contributed by atoms with Crippen molar-refractivity contribution in [3.63, 3.8) is 0 Å². The first-order valence-corrected chi connectivity index (χ1v) is 9.71. The standard InChI is InChI=1S/C18H17FN8OS/c19-6-9-27-25-16(24-26-27)5-8-21-17(28)23-18-22-14-4-3-12(10-15(14)29-18)13-2-1-7-20-11-13/h1-4,7,10-11H,5-6,8-9H2,(H2,21,22,23,28). The van der Waals surface area contributed by atoms with Gasteiger partial charge < -0.3 is 5.32 Å². The number of amides is 2. The Kier molecular flexibility index (Phi) is 5.66. The summed E-state index contributed by atoms with van der Waals surface area (Å²) in [6.45, 7) is -0.160. The topological polar surface area (TPSA) is 111 Å². The van der Waals surface area contributed by atoms with Gasteiger partial charge in [-0.3, -0.25) is 10.3 Å². The molecule has 0 fully saturated rings. The van der Waals surface area contributed by atoms with E-state index in [4.69, 9.17) is 0 Å². The Morgan fingerprint density at radius 3 is 3.00 bits per heavy atom. The van der Waals surface area contributed by atoms with Gasteiger partial charge in [-0.2, -0.15) is 4.80 Å². The fraction of sp³-hybridized carbons (Fsp3) is 0.222. The van der Waals surface area contributed by atoms with Gasteiger partial charge in [0.2, 0.25) is 0 Å². The molecule has 29 heavy (non-hydrogen) atoms. The molecule has 0 atom stereocenters. The predicted molar refractivity (Wildman–Crippen MR) is 107 cm³/mol. The molecule has 9 nitrogen and oxygen atoms in total. The molecule has 4 aromatic rings. The maximum atomic E-state index is 12.2. The van der Waals surface area contributed by atoms with E-state index in [0.29, 0.717) is 23.9 Å². The number of aromatic nitrogens is 6. The number of aryl methyl sites for hydroxylation is 1. The smallest absolute Gasteiger partial charge is 0.321 e. The fourth-order valence-electron chi connectivity index (χ4n) is 2.67. The monoisotopic (exact) mass is 412 g/mol. The highest BCUT2D eigenvalue weighted by molar-refractivity contribution is 7.22. The first-order valence-electron chi connectivity index (χ1n) is 8.90. The van der Waals surface area contributed by atoms with Gasteiger partial charge in [-0.05, 0) is 29.0 Å².